The number of allylic oxidation sites excluding steroid dienone is 1. The first-order chi connectivity index (χ1) is 11.8. The van der Waals surface area contributed by atoms with E-state index in [9.17, 15) is 35.4 Å². The largest absolute Gasteiger partial charge is 0.508 e. The number of carbonyl (C=O) groups is 1. The minimum Gasteiger partial charge on any atom is -0.508 e. The van der Waals surface area contributed by atoms with Gasteiger partial charge < -0.3 is 30.6 Å². The summed E-state index contributed by atoms with van der Waals surface area (Å²) in [5.41, 5.74) is -0.931. The summed E-state index contributed by atoms with van der Waals surface area (Å²) in [7, 11) is 0. The van der Waals surface area contributed by atoms with Gasteiger partial charge in [0.25, 0.3) is 0 Å². The third-order valence-electron chi connectivity index (χ3n) is 3.87. The Balaban J connectivity index is 2.40. The Morgan fingerprint density at radius 3 is 2.08 bits per heavy atom. The van der Waals surface area contributed by atoms with Gasteiger partial charge in [-0.25, -0.2) is 0 Å². The molecule has 2 aromatic carbocycles. The maximum absolute atomic E-state index is 12.3. The molecule has 2 aromatic rings. The lowest BCUT2D eigenvalue weighted by atomic mass is 9.86. The average Bonchev–Trinajstić information content (AvgIpc) is 2.57. The second kappa shape index (κ2) is 5.88. The third-order valence-corrected chi connectivity index (χ3v) is 3.87. The zero-order chi connectivity index (χ0) is 18.3. The monoisotopic (exact) mass is 342 g/mol. The van der Waals surface area contributed by atoms with Crippen LogP contribution in [0.4, 0.5) is 0 Å². The van der Waals surface area contributed by atoms with Crippen molar-refractivity contribution in [2.24, 2.45) is 0 Å². The van der Waals surface area contributed by atoms with Crippen LogP contribution in [0.15, 0.2) is 48.2 Å². The minimum absolute atomic E-state index is 0.0689. The molecule has 1 atom stereocenters. The highest BCUT2D eigenvalue weighted by atomic mass is 16.3. The average molecular weight is 342 g/mol. The molecule has 7 nitrogen and oxygen atoms in total. The van der Waals surface area contributed by atoms with Crippen molar-refractivity contribution in [3.05, 3.63) is 53.8 Å². The molecule has 0 heterocycles. The van der Waals surface area contributed by atoms with Crippen LogP contribution in [-0.4, -0.2) is 42.5 Å². The van der Waals surface area contributed by atoms with Crippen LogP contribution < -0.4 is 0 Å². The number of carbonyl (C=O) groups excluding carboxylic acids is 1. The van der Waals surface area contributed by atoms with Gasteiger partial charge in [-0.1, -0.05) is 0 Å². The molecule has 0 spiro atoms. The topological polar surface area (TPSA) is 138 Å². The lowest BCUT2D eigenvalue weighted by molar-refractivity contribution is -0.119. The Morgan fingerprint density at radius 1 is 0.800 bits per heavy atom. The van der Waals surface area contributed by atoms with Gasteiger partial charge in [0.2, 0.25) is 0 Å². The minimum atomic E-state index is -1.53. The quantitative estimate of drug-likeness (QED) is 0.459. The SMILES string of the molecule is O=C1C(c2c(O)ccc(O)c2-c2cc(O)ccc2O)=C(O)C=CC1O. The van der Waals surface area contributed by atoms with Gasteiger partial charge >= 0.3 is 0 Å². The molecule has 0 saturated heterocycles. The van der Waals surface area contributed by atoms with E-state index in [-0.39, 0.29) is 28.2 Å². The van der Waals surface area contributed by atoms with Crippen LogP contribution in [0, 0.1) is 0 Å². The number of phenols is 4. The lowest BCUT2D eigenvalue weighted by Gasteiger charge is -2.20. The Bertz CT molecular complexity index is 941. The molecule has 0 saturated carbocycles. The van der Waals surface area contributed by atoms with E-state index >= 15 is 0 Å². The fourth-order valence-electron chi connectivity index (χ4n) is 2.71. The molecule has 128 valence electrons. The van der Waals surface area contributed by atoms with Gasteiger partial charge in [0, 0.05) is 16.7 Å². The first-order valence-electron chi connectivity index (χ1n) is 7.22. The van der Waals surface area contributed by atoms with Crippen LogP contribution in [0.3, 0.4) is 0 Å². The summed E-state index contributed by atoms with van der Waals surface area (Å²) >= 11 is 0. The Labute approximate surface area is 141 Å². The van der Waals surface area contributed by atoms with Crippen molar-refractivity contribution in [3.63, 3.8) is 0 Å². The summed E-state index contributed by atoms with van der Waals surface area (Å²) in [6, 6.07) is 5.75. The summed E-state index contributed by atoms with van der Waals surface area (Å²) in [5, 5.41) is 60.1. The second-order valence-corrected chi connectivity index (χ2v) is 5.48. The van der Waals surface area contributed by atoms with Crippen LogP contribution in [0.2, 0.25) is 0 Å². The first-order valence-corrected chi connectivity index (χ1v) is 7.22. The molecule has 1 unspecified atom stereocenters. The zero-order valence-electron chi connectivity index (χ0n) is 12.7. The molecule has 0 aromatic heterocycles. The number of aliphatic hydroxyl groups is 2. The summed E-state index contributed by atoms with van der Waals surface area (Å²) < 4.78 is 0. The van der Waals surface area contributed by atoms with Gasteiger partial charge in [-0.2, -0.15) is 0 Å². The molecule has 0 bridgehead atoms. The van der Waals surface area contributed by atoms with Gasteiger partial charge in [0.05, 0.1) is 5.57 Å². The van der Waals surface area contributed by atoms with Gasteiger partial charge in [0.15, 0.2) is 5.78 Å². The van der Waals surface area contributed by atoms with Gasteiger partial charge in [-0.15, -0.1) is 0 Å². The van der Waals surface area contributed by atoms with E-state index < -0.39 is 34.7 Å². The first kappa shape index (κ1) is 16.4. The number of aromatic hydroxyl groups is 4. The molecule has 3 rings (SSSR count). The molecule has 7 heteroatoms. The maximum atomic E-state index is 12.3. The molecule has 0 amide bonds. The lowest BCUT2D eigenvalue weighted by Crippen LogP contribution is -2.23. The number of benzene rings is 2. The number of aliphatic hydroxyl groups excluding tert-OH is 2. The van der Waals surface area contributed by atoms with Crippen molar-refractivity contribution in [3.8, 4) is 34.1 Å². The number of rotatable bonds is 2. The maximum Gasteiger partial charge on any atom is 0.199 e. The van der Waals surface area contributed by atoms with E-state index in [1.807, 2.05) is 0 Å². The third kappa shape index (κ3) is 2.66. The summed E-state index contributed by atoms with van der Waals surface area (Å²) in [6.45, 7) is 0. The van der Waals surface area contributed by atoms with Crippen molar-refractivity contribution in [1.29, 1.82) is 0 Å². The van der Waals surface area contributed by atoms with Crippen LogP contribution in [0.1, 0.15) is 5.56 Å². The highest BCUT2D eigenvalue weighted by Crippen LogP contribution is 2.46. The number of ketones is 1. The van der Waals surface area contributed by atoms with Gasteiger partial charge in [0.1, 0.15) is 34.9 Å². The molecule has 0 fully saturated rings. The van der Waals surface area contributed by atoms with E-state index in [4.69, 9.17) is 0 Å². The highest BCUT2D eigenvalue weighted by Gasteiger charge is 2.31. The zero-order valence-corrected chi connectivity index (χ0v) is 12.7. The number of Topliss-reactive ketones (excluding diaryl/α,β-unsaturated/α-hetero) is 1. The van der Waals surface area contributed by atoms with Crippen LogP contribution in [-0.2, 0) is 4.79 Å². The van der Waals surface area contributed by atoms with Crippen LogP contribution >= 0.6 is 0 Å². The van der Waals surface area contributed by atoms with E-state index in [2.05, 4.69) is 0 Å². The molecule has 0 radical (unpaired) electrons. The fraction of sp³-hybridized carbons (Fsp3) is 0.0556. The number of hydrogen-bond acceptors (Lipinski definition) is 7. The summed E-state index contributed by atoms with van der Waals surface area (Å²) in [5.74, 6) is -2.84. The van der Waals surface area contributed by atoms with Crippen LogP contribution in [0.25, 0.3) is 16.7 Å². The van der Waals surface area contributed by atoms with Crippen molar-refractivity contribution in [1.82, 2.24) is 0 Å². The highest BCUT2D eigenvalue weighted by molar-refractivity contribution is 6.27. The molecule has 25 heavy (non-hydrogen) atoms. The molecule has 1 aliphatic carbocycles. The predicted molar refractivity (Wildman–Crippen MR) is 88.2 cm³/mol. The van der Waals surface area contributed by atoms with E-state index in [1.165, 1.54) is 12.1 Å². The Kier molecular flexibility index (Phi) is 3.86. The second-order valence-electron chi connectivity index (χ2n) is 5.48. The molecule has 6 N–H and O–H groups in total. The standard InChI is InChI=1S/C18H14O7/c19-8-1-2-10(20)9(7-8)15-11(21)3-4-12(22)16(15)17-13(23)5-6-14(24)18(17)25/h1-7,14,19-24H. The Hall–Kier alpha value is -3.45. The van der Waals surface area contributed by atoms with Gasteiger partial charge in [-0.3, -0.25) is 4.79 Å². The predicted octanol–water partition coefficient (Wildman–Crippen LogP) is 1.94. The summed E-state index contributed by atoms with van der Waals surface area (Å²) in [6.07, 6.45) is 0.641. The molecule has 0 aliphatic heterocycles. The van der Waals surface area contributed by atoms with Crippen molar-refractivity contribution in [2.45, 2.75) is 6.10 Å². The van der Waals surface area contributed by atoms with Crippen LogP contribution in [0.5, 0.6) is 23.0 Å². The van der Waals surface area contributed by atoms with E-state index in [0.717, 1.165) is 30.4 Å². The number of hydrogen-bond donors (Lipinski definition) is 6. The molecule has 1 aliphatic rings. The smallest absolute Gasteiger partial charge is 0.199 e. The summed E-state index contributed by atoms with van der Waals surface area (Å²) in [4.78, 5) is 12.3. The van der Waals surface area contributed by atoms with Crippen molar-refractivity contribution in [2.75, 3.05) is 0 Å². The normalized spacial score (nSPS) is 17.2. The molecular weight excluding hydrogens is 328 g/mol. The Morgan fingerprint density at radius 2 is 1.40 bits per heavy atom. The van der Waals surface area contributed by atoms with Crippen molar-refractivity contribution >= 4 is 11.4 Å². The van der Waals surface area contributed by atoms with Crippen molar-refractivity contribution < 1.29 is 35.4 Å². The fourth-order valence-corrected chi connectivity index (χ4v) is 2.71. The van der Waals surface area contributed by atoms with Gasteiger partial charge in [-0.05, 0) is 42.5 Å². The number of phenolic OH excluding ortho intramolecular Hbond substituents is 4. The van der Waals surface area contributed by atoms with E-state index in [0.29, 0.717) is 0 Å². The molecular formula is C18H14O7. The van der Waals surface area contributed by atoms with E-state index in [1.54, 1.807) is 0 Å².